The summed E-state index contributed by atoms with van der Waals surface area (Å²) in [7, 11) is 0. The number of hydrogen-bond acceptors (Lipinski definition) is 3. The van der Waals surface area contributed by atoms with Gasteiger partial charge in [-0.05, 0) is 56.8 Å². The molecule has 0 saturated carbocycles. The maximum absolute atomic E-state index is 12.2. The summed E-state index contributed by atoms with van der Waals surface area (Å²) < 4.78 is 0. The van der Waals surface area contributed by atoms with Crippen molar-refractivity contribution < 1.29 is 4.79 Å². The summed E-state index contributed by atoms with van der Waals surface area (Å²) in [5, 5.41) is 6.50. The monoisotopic (exact) mass is 315 g/mol. The third kappa shape index (κ3) is 5.05. The molecule has 2 aliphatic rings. The molecule has 0 radical (unpaired) electrons. The molecule has 0 aliphatic carbocycles. The molecule has 2 heterocycles. The fourth-order valence-corrected chi connectivity index (χ4v) is 3.66. The number of nitrogens with one attached hydrogen (secondary N) is 2. The van der Waals surface area contributed by atoms with Crippen molar-refractivity contribution in [2.45, 2.75) is 32.2 Å². The van der Waals surface area contributed by atoms with E-state index in [-0.39, 0.29) is 11.8 Å². The quantitative estimate of drug-likeness (QED) is 0.874. The molecule has 1 unspecified atom stereocenters. The normalized spacial score (nSPS) is 23.6. The Morgan fingerprint density at radius 3 is 2.65 bits per heavy atom. The van der Waals surface area contributed by atoms with Crippen LogP contribution in [0.5, 0.6) is 0 Å². The molecule has 23 heavy (non-hydrogen) atoms. The first-order valence-corrected chi connectivity index (χ1v) is 9.06. The fraction of sp³-hybridized carbons (Fsp3) is 0.632. The van der Waals surface area contributed by atoms with Crippen molar-refractivity contribution in [1.82, 2.24) is 15.5 Å². The second-order valence-electron chi connectivity index (χ2n) is 6.99. The van der Waals surface area contributed by atoms with Crippen LogP contribution >= 0.6 is 0 Å². The molecule has 0 spiro atoms. The minimum Gasteiger partial charge on any atom is -0.356 e. The van der Waals surface area contributed by atoms with Gasteiger partial charge in [0.1, 0.15) is 0 Å². The summed E-state index contributed by atoms with van der Waals surface area (Å²) in [6, 6.07) is 10.7. The molecule has 1 aromatic rings. The lowest BCUT2D eigenvalue weighted by atomic mass is 9.95. The van der Waals surface area contributed by atoms with Gasteiger partial charge in [0.05, 0.1) is 5.92 Å². The molecule has 4 nitrogen and oxygen atoms in total. The lowest BCUT2D eigenvalue weighted by Gasteiger charge is -2.32. The van der Waals surface area contributed by atoms with Gasteiger partial charge < -0.3 is 10.6 Å². The van der Waals surface area contributed by atoms with Crippen LogP contribution in [-0.2, 0) is 11.3 Å². The van der Waals surface area contributed by atoms with E-state index in [4.69, 9.17) is 0 Å². The number of piperidine rings is 2. The van der Waals surface area contributed by atoms with Gasteiger partial charge >= 0.3 is 0 Å². The van der Waals surface area contributed by atoms with Gasteiger partial charge in [0.25, 0.3) is 0 Å². The fourth-order valence-electron chi connectivity index (χ4n) is 3.66. The van der Waals surface area contributed by atoms with Crippen LogP contribution < -0.4 is 10.6 Å². The van der Waals surface area contributed by atoms with Crippen LogP contribution in [0.4, 0.5) is 0 Å². The first kappa shape index (κ1) is 16.5. The van der Waals surface area contributed by atoms with Crippen molar-refractivity contribution in [3.05, 3.63) is 35.9 Å². The predicted molar refractivity (Wildman–Crippen MR) is 93.0 cm³/mol. The smallest absolute Gasteiger partial charge is 0.224 e. The molecule has 1 amide bonds. The van der Waals surface area contributed by atoms with Crippen LogP contribution in [0.1, 0.15) is 31.2 Å². The van der Waals surface area contributed by atoms with E-state index in [1.807, 2.05) is 0 Å². The average Bonchev–Trinajstić information content (AvgIpc) is 2.62. The standard InChI is InChI=1S/C19H29N3O/c23-19(18-7-4-10-20-14-18)21-13-16-8-11-22(12-9-16)15-17-5-2-1-3-6-17/h1-3,5-6,16,18,20H,4,7-15H2,(H,21,23). The molecule has 0 bridgehead atoms. The Hall–Kier alpha value is -1.39. The third-order valence-corrected chi connectivity index (χ3v) is 5.19. The second kappa shape index (κ2) is 8.46. The Morgan fingerprint density at radius 1 is 1.17 bits per heavy atom. The zero-order chi connectivity index (χ0) is 15.9. The number of carbonyl (C=O) groups excluding carboxylic acids is 1. The van der Waals surface area contributed by atoms with Gasteiger partial charge in [-0.2, -0.15) is 0 Å². The highest BCUT2D eigenvalue weighted by atomic mass is 16.1. The number of benzene rings is 1. The zero-order valence-electron chi connectivity index (χ0n) is 14.0. The summed E-state index contributed by atoms with van der Waals surface area (Å²) in [5.74, 6) is 1.08. The molecular formula is C19H29N3O. The van der Waals surface area contributed by atoms with Gasteiger partial charge in [0.2, 0.25) is 5.91 Å². The highest BCUT2D eigenvalue weighted by molar-refractivity contribution is 5.78. The number of hydrogen-bond donors (Lipinski definition) is 2. The van der Waals surface area contributed by atoms with Gasteiger partial charge in [0, 0.05) is 19.6 Å². The van der Waals surface area contributed by atoms with Crippen molar-refractivity contribution in [2.75, 3.05) is 32.7 Å². The van der Waals surface area contributed by atoms with Crippen LogP contribution in [0, 0.1) is 11.8 Å². The maximum atomic E-state index is 12.2. The van der Waals surface area contributed by atoms with E-state index in [0.717, 1.165) is 52.1 Å². The van der Waals surface area contributed by atoms with E-state index in [9.17, 15) is 4.79 Å². The molecule has 2 N–H and O–H groups in total. The molecule has 2 fully saturated rings. The van der Waals surface area contributed by atoms with Gasteiger partial charge in [0.15, 0.2) is 0 Å². The summed E-state index contributed by atoms with van der Waals surface area (Å²) in [6.07, 6.45) is 4.54. The Kier molecular flexibility index (Phi) is 6.06. The minimum atomic E-state index is 0.182. The van der Waals surface area contributed by atoms with Crippen LogP contribution in [0.3, 0.4) is 0 Å². The maximum Gasteiger partial charge on any atom is 0.224 e. The number of likely N-dealkylation sites (tertiary alicyclic amines) is 1. The molecule has 3 rings (SSSR count). The summed E-state index contributed by atoms with van der Waals surface area (Å²) in [4.78, 5) is 14.7. The van der Waals surface area contributed by atoms with Crippen LogP contribution in [0.2, 0.25) is 0 Å². The molecule has 126 valence electrons. The summed E-state index contributed by atoms with van der Waals surface area (Å²) >= 11 is 0. The van der Waals surface area contributed by atoms with Crippen molar-refractivity contribution >= 4 is 5.91 Å². The molecule has 2 aliphatic heterocycles. The molecule has 1 aromatic carbocycles. The molecular weight excluding hydrogens is 286 g/mol. The van der Waals surface area contributed by atoms with E-state index in [0.29, 0.717) is 5.92 Å². The van der Waals surface area contributed by atoms with E-state index in [1.165, 1.54) is 18.4 Å². The average molecular weight is 315 g/mol. The molecule has 4 heteroatoms. The highest BCUT2D eigenvalue weighted by Crippen LogP contribution is 2.19. The molecule has 1 atom stereocenters. The van der Waals surface area contributed by atoms with E-state index in [1.54, 1.807) is 0 Å². The number of rotatable bonds is 5. The van der Waals surface area contributed by atoms with Crippen LogP contribution in [0.25, 0.3) is 0 Å². The van der Waals surface area contributed by atoms with Gasteiger partial charge in [-0.25, -0.2) is 0 Å². The van der Waals surface area contributed by atoms with Gasteiger partial charge in [-0.1, -0.05) is 30.3 Å². The van der Waals surface area contributed by atoms with Crippen molar-refractivity contribution in [1.29, 1.82) is 0 Å². The Balaban J connectivity index is 1.35. The number of carbonyl (C=O) groups is 1. The first-order chi connectivity index (χ1) is 11.3. The third-order valence-electron chi connectivity index (χ3n) is 5.19. The first-order valence-electron chi connectivity index (χ1n) is 9.06. The highest BCUT2D eigenvalue weighted by Gasteiger charge is 2.23. The van der Waals surface area contributed by atoms with E-state index in [2.05, 4.69) is 45.9 Å². The lowest BCUT2D eigenvalue weighted by Crippen LogP contribution is -2.43. The van der Waals surface area contributed by atoms with Crippen LogP contribution in [-0.4, -0.2) is 43.5 Å². The topological polar surface area (TPSA) is 44.4 Å². The van der Waals surface area contributed by atoms with Crippen molar-refractivity contribution in [2.24, 2.45) is 11.8 Å². The van der Waals surface area contributed by atoms with Crippen LogP contribution in [0.15, 0.2) is 30.3 Å². The number of nitrogens with zero attached hydrogens (tertiary/aromatic N) is 1. The Labute approximate surface area is 139 Å². The van der Waals surface area contributed by atoms with Crippen molar-refractivity contribution in [3.8, 4) is 0 Å². The number of amides is 1. The second-order valence-corrected chi connectivity index (χ2v) is 6.99. The zero-order valence-corrected chi connectivity index (χ0v) is 14.0. The summed E-state index contributed by atoms with van der Waals surface area (Å²) in [6.45, 7) is 6.09. The predicted octanol–water partition coefficient (Wildman–Crippen LogP) is 2.01. The Morgan fingerprint density at radius 2 is 1.96 bits per heavy atom. The Bertz CT molecular complexity index is 477. The molecule has 2 saturated heterocycles. The lowest BCUT2D eigenvalue weighted by molar-refractivity contribution is -0.125. The SMILES string of the molecule is O=C(NCC1CCN(Cc2ccccc2)CC1)C1CCCNC1. The summed E-state index contributed by atoms with van der Waals surface area (Å²) in [5.41, 5.74) is 1.39. The van der Waals surface area contributed by atoms with E-state index >= 15 is 0 Å². The minimum absolute atomic E-state index is 0.182. The largest absolute Gasteiger partial charge is 0.356 e. The van der Waals surface area contributed by atoms with Gasteiger partial charge in [-0.15, -0.1) is 0 Å². The van der Waals surface area contributed by atoms with E-state index < -0.39 is 0 Å². The van der Waals surface area contributed by atoms with Gasteiger partial charge in [-0.3, -0.25) is 9.69 Å². The molecule has 0 aromatic heterocycles. The van der Waals surface area contributed by atoms with Crippen molar-refractivity contribution in [3.63, 3.8) is 0 Å².